The highest BCUT2D eigenvalue weighted by Crippen LogP contribution is 2.01. The molecule has 0 fully saturated rings. The summed E-state index contributed by atoms with van der Waals surface area (Å²) in [6.45, 7) is 5.22. The second kappa shape index (κ2) is 9.21. The molecule has 0 atom stereocenters. The van der Waals surface area contributed by atoms with Crippen molar-refractivity contribution in [3.63, 3.8) is 0 Å². The molecule has 0 aromatic carbocycles. The number of unbranched alkanes of at least 4 members (excludes halogenated alkanes) is 4. The van der Waals surface area contributed by atoms with Crippen LogP contribution in [0, 0.1) is 6.58 Å². The van der Waals surface area contributed by atoms with Crippen molar-refractivity contribution in [3.05, 3.63) is 12.7 Å². The molecule has 0 rings (SSSR count). The summed E-state index contributed by atoms with van der Waals surface area (Å²) in [7, 11) is 1.56. The third-order valence-corrected chi connectivity index (χ3v) is 1.38. The van der Waals surface area contributed by atoms with E-state index in [0.717, 1.165) is 12.8 Å². The van der Waals surface area contributed by atoms with Gasteiger partial charge in [-0.25, -0.2) is 0 Å². The highest BCUT2D eigenvalue weighted by atomic mass is 16.6. The number of hydrogen-bond donors (Lipinski definition) is 0. The predicted octanol–water partition coefficient (Wildman–Crippen LogP) is 2.56. The molecular weight excluding hydrogens is 138 g/mol. The fourth-order valence-electron chi connectivity index (χ4n) is 0.802. The molecule has 11 heavy (non-hydrogen) atoms. The first-order valence-corrected chi connectivity index (χ1v) is 4.00. The molecule has 0 saturated heterocycles. The third-order valence-electron chi connectivity index (χ3n) is 1.38. The van der Waals surface area contributed by atoms with E-state index in [4.69, 9.17) is 6.58 Å². The Morgan fingerprint density at radius 1 is 1.27 bits per heavy atom. The fraction of sp³-hybridized carbons (Fsp3) is 0.667. The lowest BCUT2D eigenvalue weighted by Crippen LogP contribution is -1.79. The van der Waals surface area contributed by atoms with E-state index < -0.39 is 0 Å². The van der Waals surface area contributed by atoms with Crippen molar-refractivity contribution in [1.82, 2.24) is 0 Å². The highest BCUT2D eigenvalue weighted by Gasteiger charge is 1.84. The zero-order valence-corrected chi connectivity index (χ0v) is 7.12. The minimum Gasteiger partial charge on any atom is -0.399 e. The van der Waals surface area contributed by atoms with Gasteiger partial charge in [0.15, 0.2) is 0 Å². The minimum absolute atomic E-state index is 0.998. The van der Waals surface area contributed by atoms with Crippen molar-refractivity contribution < 1.29 is 4.84 Å². The second-order valence-electron chi connectivity index (χ2n) is 2.34. The van der Waals surface area contributed by atoms with Gasteiger partial charge in [0, 0.05) is 6.21 Å². The molecule has 0 aromatic rings. The van der Waals surface area contributed by atoms with Gasteiger partial charge in [-0.2, -0.15) is 0 Å². The van der Waals surface area contributed by atoms with E-state index in [1.807, 2.05) is 0 Å². The molecule has 0 saturated carbocycles. The summed E-state index contributed by atoms with van der Waals surface area (Å²) in [5.74, 6) is 0. The van der Waals surface area contributed by atoms with Crippen molar-refractivity contribution in [2.75, 3.05) is 7.11 Å². The Labute approximate surface area is 68.9 Å². The van der Waals surface area contributed by atoms with E-state index in [0.29, 0.717) is 0 Å². The molecule has 0 aliphatic rings. The number of oxime groups is 1. The van der Waals surface area contributed by atoms with Gasteiger partial charge in [0.2, 0.25) is 0 Å². The van der Waals surface area contributed by atoms with E-state index >= 15 is 0 Å². The molecule has 0 bridgehead atoms. The molecule has 0 spiro atoms. The van der Waals surface area contributed by atoms with Crippen LogP contribution in [0.25, 0.3) is 0 Å². The third kappa shape index (κ3) is 9.21. The summed E-state index contributed by atoms with van der Waals surface area (Å²) in [5, 5.41) is 3.63. The Balaban J connectivity index is 2.90. The van der Waals surface area contributed by atoms with Crippen molar-refractivity contribution in [1.29, 1.82) is 0 Å². The molecule has 0 N–H and O–H groups in total. The maximum atomic E-state index is 5.22. The maximum absolute atomic E-state index is 5.22. The van der Waals surface area contributed by atoms with Crippen molar-refractivity contribution in [2.45, 2.75) is 32.1 Å². The molecule has 0 aliphatic carbocycles. The van der Waals surface area contributed by atoms with Gasteiger partial charge >= 0.3 is 0 Å². The summed E-state index contributed by atoms with van der Waals surface area (Å²) in [6.07, 6.45) is 9.08. The van der Waals surface area contributed by atoms with Crippen LogP contribution in [0.2, 0.25) is 0 Å². The number of rotatable bonds is 7. The van der Waals surface area contributed by atoms with Crippen molar-refractivity contribution >= 4 is 6.21 Å². The summed E-state index contributed by atoms with van der Waals surface area (Å²) in [5.41, 5.74) is 0. The first-order chi connectivity index (χ1) is 5.41. The van der Waals surface area contributed by atoms with Gasteiger partial charge in [-0.3, -0.25) is 0 Å². The Hall–Kier alpha value is -0.790. The van der Waals surface area contributed by atoms with Gasteiger partial charge in [-0.05, 0) is 25.7 Å². The summed E-state index contributed by atoms with van der Waals surface area (Å²) in [6, 6.07) is 0. The molecule has 63 valence electrons. The maximum Gasteiger partial charge on any atom is 0.106 e. The lowest BCUT2D eigenvalue weighted by atomic mass is 10.1. The van der Waals surface area contributed by atoms with E-state index in [-0.39, 0.29) is 0 Å². The van der Waals surface area contributed by atoms with E-state index in [1.54, 1.807) is 19.4 Å². The molecule has 2 nitrogen and oxygen atoms in total. The SMILES string of the molecule is [CH]=CCCCCC/C=N\OC. The number of hydrogen-bond acceptors (Lipinski definition) is 2. The Bertz CT molecular complexity index is 110. The van der Waals surface area contributed by atoms with E-state index in [2.05, 4.69) is 9.99 Å². The Morgan fingerprint density at radius 3 is 2.64 bits per heavy atom. The van der Waals surface area contributed by atoms with Gasteiger partial charge in [-0.15, -0.1) is 0 Å². The van der Waals surface area contributed by atoms with Crippen molar-refractivity contribution in [2.24, 2.45) is 5.16 Å². The first kappa shape index (κ1) is 10.2. The quantitative estimate of drug-likeness (QED) is 0.314. The van der Waals surface area contributed by atoms with Crippen LogP contribution in [0.4, 0.5) is 0 Å². The molecule has 1 radical (unpaired) electrons. The molecular formula is C9H16NO. The van der Waals surface area contributed by atoms with Crippen LogP contribution in [-0.4, -0.2) is 13.3 Å². The molecule has 2 heteroatoms. The smallest absolute Gasteiger partial charge is 0.106 e. The van der Waals surface area contributed by atoms with Crippen LogP contribution in [0.1, 0.15) is 32.1 Å². The van der Waals surface area contributed by atoms with Gasteiger partial charge in [0.25, 0.3) is 0 Å². The lowest BCUT2D eigenvalue weighted by molar-refractivity contribution is 0.214. The number of nitrogens with zero attached hydrogens (tertiary/aromatic N) is 1. The normalized spacial score (nSPS) is 10.3. The summed E-state index contributed by atoms with van der Waals surface area (Å²) >= 11 is 0. The van der Waals surface area contributed by atoms with Gasteiger partial charge in [0.1, 0.15) is 7.11 Å². The van der Waals surface area contributed by atoms with Crippen LogP contribution in [0.3, 0.4) is 0 Å². The van der Waals surface area contributed by atoms with E-state index in [9.17, 15) is 0 Å². The van der Waals surface area contributed by atoms with Gasteiger partial charge in [0.05, 0.1) is 0 Å². The highest BCUT2D eigenvalue weighted by molar-refractivity contribution is 5.55. The average Bonchev–Trinajstić information content (AvgIpc) is 2.03. The minimum atomic E-state index is 0.998. The molecule has 0 aliphatic heterocycles. The average molecular weight is 154 g/mol. The Kier molecular flexibility index (Phi) is 8.55. The van der Waals surface area contributed by atoms with Crippen LogP contribution in [-0.2, 0) is 4.84 Å². The van der Waals surface area contributed by atoms with Crippen LogP contribution >= 0.6 is 0 Å². The molecule has 0 aromatic heterocycles. The molecule has 0 heterocycles. The monoisotopic (exact) mass is 154 g/mol. The second-order valence-corrected chi connectivity index (χ2v) is 2.34. The van der Waals surface area contributed by atoms with Crippen LogP contribution < -0.4 is 0 Å². The first-order valence-electron chi connectivity index (χ1n) is 4.00. The van der Waals surface area contributed by atoms with Crippen LogP contribution in [0.15, 0.2) is 11.2 Å². The van der Waals surface area contributed by atoms with E-state index in [1.165, 1.54) is 19.3 Å². The summed E-state index contributed by atoms with van der Waals surface area (Å²) in [4.78, 5) is 4.51. The fourth-order valence-corrected chi connectivity index (χ4v) is 0.802. The Morgan fingerprint density at radius 2 is 2.00 bits per heavy atom. The zero-order valence-electron chi connectivity index (χ0n) is 7.12. The molecule has 0 unspecified atom stereocenters. The van der Waals surface area contributed by atoms with Crippen LogP contribution in [0.5, 0.6) is 0 Å². The predicted molar refractivity (Wildman–Crippen MR) is 47.5 cm³/mol. The lowest BCUT2D eigenvalue weighted by Gasteiger charge is -1.93. The topological polar surface area (TPSA) is 21.6 Å². The van der Waals surface area contributed by atoms with Crippen molar-refractivity contribution in [3.8, 4) is 0 Å². The van der Waals surface area contributed by atoms with Gasteiger partial charge in [-0.1, -0.05) is 24.2 Å². The van der Waals surface area contributed by atoms with Gasteiger partial charge < -0.3 is 4.84 Å². The standard InChI is InChI=1S/C9H16NO/c1-3-4-5-6-7-8-9-10-11-2/h1,3,9H,4-8H2,2H3/b3-1?,10-9-. The molecule has 0 amide bonds. The number of allylic oxidation sites excluding steroid dienone is 1. The zero-order chi connectivity index (χ0) is 8.36. The summed E-state index contributed by atoms with van der Waals surface area (Å²) < 4.78 is 0. The largest absolute Gasteiger partial charge is 0.399 e.